The second-order valence-corrected chi connectivity index (χ2v) is 12.0. The summed E-state index contributed by atoms with van der Waals surface area (Å²) in [6.07, 6.45) is 1.46. The molecule has 0 aliphatic carbocycles. The number of nitrogens with zero attached hydrogens (tertiary/aromatic N) is 2. The van der Waals surface area contributed by atoms with Gasteiger partial charge in [0.2, 0.25) is 0 Å². The fourth-order valence-corrected chi connectivity index (χ4v) is 6.82. The van der Waals surface area contributed by atoms with Gasteiger partial charge in [0, 0.05) is 26.2 Å². The molecule has 0 fully saturated rings. The lowest BCUT2D eigenvalue weighted by atomic mass is 10.1. The molecule has 9 nitrogen and oxygen atoms in total. The second kappa shape index (κ2) is 9.93. The van der Waals surface area contributed by atoms with Crippen molar-refractivity contribution in [1.82, 2.24) is 9.97 Å². The van der Waals surface area contributed by atoms with Gasteiger partial charge in [-0.3, -0.25) is 9.36 Å². The average Bonchev–Trinajstić information content (AvgIpc) is 2.80. The summed E-state index contributed by atoms with van der Waals surface area (Å²) < 4.78 is 46.7. The van der Waals surface area contributed by atoms with E-state index in [-0.39, 0.29) is 28.6 Å². The Morgan fingerprint density at radius 1 is 1.03 bits per heavy atom. The van der Waals surface area contributed by atoms with Crippen LogP contribution in [0.5, 0.6) is 0 Å². The highest BCUT2D eigenvalue weighted by Gasteiger charge is 2.31. The van der Waals surface area contributed by atoms with Gasteiger partial charge < -0.3 is 14.8 Å². The number of nitrogen functional groups attached to an aromatic ring is 1. The third-order valence-corrected chi connectivity index (χ3v) is 9.67. The van der Waals surface area contributed by atoms with E-state index in [0.29, 0.717) is 11.3 Å². The third kappa shape index (κ3) is 5.91. The molecule has 0 atom stereocenters. The number of sulfone groups is 1. The number of carbonyl (C=O) groups is 1. The number of aryl methyl sites for hydroxylation is 1. The van der Waals surface area contributed by atoms with Crippen LogP contribution in [0.1, 0.15) is 21.6 Å². The molecule has 0 radical (unpaired) electrons. The maximum absolute atomic E-state index is 12.8. The maximum Gasteiger partial charge on any atom is 0.345 e. The van der Waals surface area contributed by atoms with E-state index in [1.807, 2.05) is 31.2 Å². The molecule has 11 heteroatoms. The molecule has 2 aromatic carbocycles. The molecular weight excluding hydrogens is 465 g/mol. The molecule has 3 rings (SSSR count). The van der Waals surface area contributed by atoms with E-state index in [4.69, 9.17) is 14.8 Å². The smallest absolute Gasteiger partial charge is 0.345 e. The van der Waals surface area contributed by atoms with Crippen LogP contribution >= 0.6 is 7.60 Å². The summed E-state index contributed by atoms with van der Waals surface area (Å²) in [6.45, 7) is 1.97. The molecule has 0 bridgehead atoms. The van der Waals surface area contributed by atoms with Crippen molar-refractivity contribution in [2.45, 2.75) is 18.2 Å². The zero-order valence-electron chi connectivity index (χ0n) is 18.4. The molecule has 1 aromatic heterocycles. The Morgan fingerprint density at radius 2 is 1.64 bits per heavy atom. The molecule has 0 saturated heterocycles. The summed E-state index contributed by atoms with van der Waals surface area (Å²) in [6, 6.07) is 13.3. The predicted octanol–water partition coefficient (Wildman–Crippen LogP) is 3.68. The number of ketones is 1. The van der Waals surface area contributed by atoms with Crippen molar-refractivity contribution in [3.63, 3.8) is 0 Å². The van der Waals surface area contributed by atoms with Crippen molar-refractivity contribution in [3.8, 4) is 11.3 Å². The average molecular weight is 489 g/mol. The minimum atomic E-state index is -3.93. The molecule has 0 amide bonds. The number of hydrogen-bond donors (Lipinski definition) is 1. The van der Waals surface area contributed by atoms with Crippen LogP contribution in [-0.2, 0) is 29.9 Å². The largest absolute Gasteiger partial charge is 0.382 e. The molecule has 3 aromatic rings. The standard InChI is InChI=1S/C22H24N3O6PS/c1-15-4-8-17(9-5-15)19-13-24-22(23)21(25-19)20(26)12-16-6-10-18(11-7-16)33(28,29)14-32(27,30-2)31-3/h4-11,13H,12,14H2,1-3H3,(H2,23,24). The molecule has 0 aliphatic rings. The maximum atomic E-state index is 12.8. The van der Waals surface area contributed by atoms with Gasteiger partial charge in [0.25, 0.3) is 0 Å². The van der Waals surface area contributed by atoms with Crippen LogP contribution in [0.3, 0.4) is 0 Å². The lowest BCUT2D eigenvalue weighted by Crippen LogP contribution is -2.12. The van der Waals surface area contributed by atoms with Crippen LogP contribution in [0, 0.1) is 6.92 Å². The molecule has 0 saturated carbocycles. The van der Waals surface area contributed by atoms with Gasteiger partial charge in [-0.05, 0) is 24.6 Å². The van der Waals surface area contributed by atoms with Crippen LogP contribution in [0.2, 0.25) is 0 Å². The zero-order valence-corrected chi connectivity index (χ0v) is 20.1. The minimum Gasteiger partial charge on any atom is -0.382 e. The third-order valence-electron chi connectivity index (χ3n) is 4.94. The molecule has 0 aliphatic heterocycles. The molecule has 0 spiro atoms. The van der Waals surface area contributed by atoms with Crippen molar-refractivity contribution in [3.05, 3.63) is 71.5 Å². The molecule has 1 heterocycles. The Bertz CT molecular complexity index is 1300. The van der Waals surface area contributed by atoms with Gasteiger partial charge in [-0.15, -0.1) is 0 Å². The van der Waals surface area contributed by atoms with Crippen molar-refractivity contribution in [2.24, 2.45) is 0 Å². The van der Waals surface area contributed by atoms with Gasteiger partial charge >= 0.3 is 7.60 Å². The number of benzene rings is 2. The number of Topliss-reactive ketones (excluding diaryl/α,β-unsaturated/α-hetero) is 1. The SMILES string of the molecule is COP(=O)(CS(=O)(=O)c1ccc(CC(=O)c2nc(-c3ccc(C)cc3)cnc2N)cc1)OC. The Morgan fingerprint density at radius 3 is 2.21 bits per heavy atom. The summed E-state index contributed by atoms with van der Waals surface area (Å²) in [5, 5.41) is 0. The summed E-state index contributed by atoms with van der Waals surface area (Å²) in [4.78, 5) is 21.3. The minimum absolute atomic E-state index is 0.0185. The Kier molecular flexibility index (Phi) is 7.44. The van der Waals surface area contributed by atoms with Crippen LogP contribution < -0.4 is 5.73 Å². The van der Waals surface area contributed by atoms with Gasteiger partial charge in [0.1, 0.15) is 5.69 Å². The Labute approximate surface area is 192 Å². The molecule has 174 valence electrons. The fourth-order valence-electron chi connectivity index (χ4n) is 3.01. The lowest BCUT2D eigenvalue weighted by Gasteiger charge is -2.14. The second-order valence-electron chi connectivity index (χ2n) is 7.32. The molecule has 33 heavy (non-hydrogen) atoms. The number of aromatic nitrogens is 2. The van der Waals surface area contributed by atoms with Gasteiger partial charge in [-0.2, -0.15) is 0 Å². The topological polar surface area (TPSA) is 139 Å². The normalized spacial score (nSPS) is 12.0. The summed E-state index contributed by atoms with van der Waals surface area (Å²) >= 11 is 0. The van der Waals surface area contributed by atoms with Crippen LogP contribution in [0.25, 0.3) is 11.3 Å². The van der Waals surface area contributed by atoms with E-state index in [1.54, 1.807) is 0 Å². The highest BCUT2D eigenvalue weighted by molar-refractivity contribution is 7.97. The Hall–Kier alpha value is -2.91. The quantitative estimate of drug-likeness (QED) is 0.352. The highest BCUT2D eigenvalue weighted by atomic mass is 32.2. The van der Waals surface area contributed by atoms with Gasteiger partial charge in [-0.25, -0.2) is 18.4 Å². The summed E-state index contributed by atoms with van der Waals surface area (Å²) in [5.74, 6) is -0.335. The van der Waals surface area contributed by atoms with Gasteiger partial charge in [-0.1, -0.05) is 42.0 Å². The highest BCUT2D eigenvalue weighted by Crippen LogP contribution is 2.48. The summed E-state index contributed by atoms with van der Waals surface area (Å²) in [7, 11) is -5.43. The first-order valence-corrected chi connectivity index (χ1v) is 13.2. The number of carbonyl (C=O) groups excluding carboxylic acids is 1. The monoisotopic (exact) mass is 489 g/mol. The number of nitrogens with two attached hydrogens (primary N) is 1. The van der Waals surface area contributed by atoms with E-state index in [1.165, 1.54) is 30.5 Å². The van der Waals surface area contributed by atoms with Gasteiger partial charge in [0.15, 0.2) is 26.9 Å². The van der Waals surface area contributed by atoms with Crippen LogP contribution in [0.4, 0.5) is 5.82 Å². The number of anilines is 1. The van der Waals surface area contributed by atoms with Crippen LogP contribution in [-0.4, -0.2) is 43.9 Å². The lowest BCUT2D eigenvalue weighted by molar-refractivity contribution is 0.0989. The number of hydrogen-bond acceptors (Lipinski definition) is 9. The molecular formula is C22H24N3O6PS. The fraction of sp³-hybridized carbons (Fsp3) is 0.227. The van der Waals surface area contributed by atoms with E-state index < -0.39 is 22.9 Å². The Balaban J connectivity index is 1.79. The van der Waals surface area contributed by atoms with E-state index in [2.05, 4.69) is 9.97 Å². The van der Waals surface area contributed by atoms with Crippen LogP contribution in [0.15, 0.2) is 59.6 Å². The zero-order chi connectivity index (χ0) is 24.2. The van der Waals surface area contributed by atoms with E-state index in [9.17, 15) is 17.8 Å². The first-order valence-electron chi connectivity index (χ1n) is 9.82. The first kappa shape index (κ1) is 24.7. The van der Waals surface area contributed by atoms with Crippen molar-refractivity contribution >= 4 is 29.0 Å². The first-order chi connectivity index (χ1) is 15.6. The van der Waals surface area contributed by atoms with E-state index in [0.717, 1.165) is 25.3 Å². The van der Waals surface area contributed by atoms with Crippen molar-refractivity contribution < 1.29 is 26.8 Å². The van der Waals surface area contributed by atoms with Crippen molar-refractivity contribution in [1.29, 1.82) is 0 Å². The molecule has 0 unspecified atom stereocenters. The van der Waals surface area contributed by atoms with E-state index >= 15 is 0 Å². The predicted molar refractivity (Wildman–Crippen MR) is 125 cm³/mol. The summed E-state index contributed by atoms with van der Waals surface area (Å²) in [5.41, 5.74) is 8.13. The molecule has 2 N–H and O–H groups in total. The number of rotatable bonds is 9. The van der Waals surface area contributed by atoms with Gasteiger partial charge in [0.05, 0.1) is 16.8 Å². The van der Waals surface area contributed by atoms with Crippen molar-refractivity contribution in [2.75, 3.05) is 25.4 Å².